The van der Waals surface area contributed by atoms with Crippen molar-refractivity contribution in [1.29, 1.82) is 0 Å². The first-order valence-electron chi connectivity index (χ1n) is 8.49. The molecule has 2 aliphatic carbocycles. The molecule has 3 fully saturated rings. The summed E-state index contributed by atoms with van der Waals surface area (Å²) >= 11 is 0. The van der Waals surface area contributed by atoms with Gasteiger partial charge >= 0.3 is 5.97 Å². The molecule has 0 amide bonds. The molecule has 5 atom stereocenters. The fraction of sp³-hybridized carbons (Fsp3) is 0.889. The van der Waals surface area contributed by atoms with Gasteiger partial charge in [0, 0.05) is 17.8 Å². The molecule has 0 unspecified atom stereocenters. The molecule has 3 nitrogen and oxygen atoms in total. The SMILES string of the molecule is CC(=O)CC[C@@]1(C)[C@H](C)CC[C@H]2[C@]3(C)CCC[C@@]21OC3=O. The van der Waals surface area contributed by atoms with Crippen LogP contribution in [0.4, 0.5) is 0 Å². The second-order valence-corrected chi connectivity index (χ2v) is 8.20. The Kier molecular flexibility index (Phi) is 3.27. The van der Waals surface area contributed by atoms with Crippen molar-refractivity contribution >= 4 is 11.8 Å². The van der Waals surface area contributed by atoms with Crippen LogP contribution in [0, 0.1) is 22.7 Å². The summed E-state index contributed by atoms with van der Waals surface area (Å²) in [4.78, 5) is 24.1. The van der Waals surface area contributed by atoms with E-state index in [0.717, 1.165) is 38.5 Å². The molecular weight excluding hydrogens is 264 g/mol. The number of rotatable bonds is 3. The number of carbonyl (C=O) groups is 2. The molecule has 3 heteroatoms. The molecule has 1 aliphatic heterocycles. The standard InChI is InChI=1S/C18H28O3/c1-12-6-7-14-16(3)9-5-10-18(14,21-15(16)20)17(12,4)11-8-13(2)19/h12,14H,5-11H2,1-4H3/t12-,14+,16+,17+,18-/m1/s1. The van der Waals surface area contributed by atoms with Gasteiger partial charge in [-0.25, -0.2) is 0 Å². The van der Waals surface area contributed by atoms with Gasteiger partial charge in [-0.05, 0) is 58.3 Å². The Hall–Kier alpha value is -0.860. The van der Waals surface area contributed by atoms with Gasteiger partial charge in [-0.1, -0.05) is 13.8 Å². The van der Waals surface area contributed by atoms with Gasteiger partial charge in [-0.2, -0.15) is 0 Å². The molecule has 0 spiro atoms. The zero-order valence-corrected chi connectivity index (χ0v) is 13.8. The van der Waals surface area contributed by atoms with Crippen molar-refractivity contribution in [2.45, 2.75) is 78.2 Å². The summed E-state index contributed by atoms with van der Waals surface area (Å²) in [5, 5.41) is 0. The summed E-state index contributed by atoms with van der Waals surface area (Å²) in [6.45, 7) is 8.33. The number of esters is 1. The summed E-state index contributed by atoms with van der Waals surface area (Å²) in [5.74, 6) is 1.11. The van der Waals surface area contributed by atoms with E-state index in [4.69, 9.17) is 4.74 Å². The second kappa shape index (κ2) is 4.57. The topological polar surface area (TPSA) is 43.4 Å². The highest BCUT2D eigenvalue weighted by Crippen LogP contribution is 2.68. The number of hydrogen-bond donors (Lipinski definition) is 0. The molecule has 21 heavy (non-hydrogen) atoms. The van der Waals surface area contributed by atoms with E-state index in [9.17, 15) is 9.59 Å². The lowest BCUT2D eigenvalue weighted by Gasteiger charge is -2.58. The average Bonchev–Trinajstić information content (AvgIpc) is 2.53. The first-order chi connectivity index (χ1) is 9.76. The summed E-state index contributed by atoms with van der Waals surface area (Å²) in [6, 6.07) is 0. The van der Waals surface area contributed by atoms with Crippen molar-refractivity contribution in [3.05, 3.63) is 0 Å². The van der Waals surface area contributed by atoms with Gasteiger partial charge in [-0.15, -0.1) is 0 Å². The molecule has 2 saturated carbocycles. The van der Waals surface area contributed by atoms with Crippen LogP contribution in [0.2, 0.25) is 0 Å². The van der Waals surface area contributed by atoms with Gasteiger partial charge in [0.15, 0.2) is 0 Å². The Morgan fingerprint density at radius 3 is 2.67 bits per heavy atom. The Morgan fingerprint density at radius 2 is 2.00 bits per heavy atom. The van der Waals surface area contributed by atoms with Gasteiger partial charge in [0.2, 0.25) is 0 Å². The predicted octanol–water partition coefficient (Wildman–Crippen LogP) is 3.89. The average molecular weight is 292 g/mol. The fourth-order valence-corrected chi connectivity index (χ4v) is 5.63. The van der Waals surface area contributed by atoms with Gasteiger partial charge < -0.3 is 9.53 Å². The maximum atomic E-state index is 12.6. The Labute approximate surface area is 127 Å². The molecule has 1 saturated heterocycles. The van der Waals surface area contributed by atoms with Crippen LogP contribution in [0.1, 0.15) is 72.6 Å². The molecule has 1 heterocycles. The normalized spacial score (nSPS) is 48.7. The molecule has 3 rings (SSSR count). The predicted molar refractivity (Wildman–Crippen MR) is 80.7 cm³/mol. The molecule has 0 aromatic rings. The zero-order chi connectivity index (χ0) is 15.5. The largest absolute Gasteiger partial charge is 0.458 e. The second-order valence-electron chi connectivity index (χ2n) is 8.20. The fourth-order valence-electron chi connectivity index (χ4n) is 5.63. The molecule has 0 aromatic heterocycles. The van der Waals surface area contributed by atoms with Crippen LogP contribution in [0.15, 0.2) is 0 Å². The maximum Gasteiger partial charge on any atom is 0.312 e. The lowest BCUT2D eigenvalue weighted by molar-refractivity contribution is -0.187. The third-order valence-electron chi connectivity index (χ3n) is 7.26. The molecule has 118 valence electrons. The van der Waals surface area contributed by atoms with Crippen molar-refractivity contribution in [3.63, 3.8) is 0 Å². The number of ketones is 1. The first kappa shape index (κ1) is 15.1. The summed E-state index contributed by atoms with van der Waals surface area (Å²) in [5.41, 5.74) is -0.657. The van der Waals surface area contributed by atoms with Crippen molar-refractivity contribution in [2.75, 3.05) is 0 Å². The smallest absolute Gasteiger partial charge is 0.312 e. The van der Waals surface area contributed by atoms with Crippen LogP contribution >= 0.6 is 0 Å². The van der Waals surface area contributed by atoms with E-state index in [1.165, 1.54) is 0 Å². The van der Waals surface area contributed by atoms with Gasteiger partial charge in [0.1, 0.15) is 11.4 Å². The third kappa shape index (κ3) is 1.78. The molecule has 3 aliphatic rings. The van der Waals surface area contributed by atoms with Crippen LogP contribution in [0.3, 0.4) is 0 Å². The van der Waals surface area contributed by atoms with E-state index in [2.05, 4.69) is 20.8 Å². The lowest BCUT2D eigenvalue weighted by atomic mass is 9.46. The number of Topliss-reactive ketones (excluding diaryl/α,β-unsaturated/α-hetero) is 1. The highest BCUT2D eigenvalue weighted by Gasteiger charge is 2.72. The van der Waals surface area contributed by atoms with E-state index in [0.29, 0.717) is 18.3 Å². The third-order valence-corrected chi connectivity index (χ3v) is 7.26. The molecule has 0 N–H and O–H groups in total. The van der Waals surface area contributed by atoms with E-state index in [1.807, 2.05) is 0 Å². The number of hydrogen-bond acceptors (Lipinski definition) is 3. The zero-order valence-electron chi connectivity index (χ0n) is 13.8. The van der Waals surface area contributed by atoms with Crippen LogP contribution in [-0.2, 0) is 14.3 Å². The van der Waals surface area contributed by atoms with Crippen molar-refractivity contribution in [1.82, 2.24) is 0 Å². The maximum absolute atomic E-state index is 12.6. The Bertz CT molecular complexity index is 485. The van der Waals surface area contributed by atoms with E-state index in [-0.39, 0.29) is 28.2 Å². The number of carbonyl (C=O) groups excluding carboxylic acids is 2. The molecule has 0 aromatic carbocycles. The Morgan fingerprint density at radius 1 is 1.29 bits per heavy atom. The highest BCUT2D eigenvalue weighted by molar-refractivity contribution is 5.81. The lowest BCUT2D eigenvalue weighted by Crippen LogP contribution is -2.60. The van der Waals surface area contributed by atoms with Crippen LogP contribution < -0.4 is 0 Å². The molecular formula is C18H28O3. The van der Waals surface area contributed by atoms with Crippen molar-refractivity contribution < 1.29 is 14.3 Å². The minimum Gasteiger partial charge on any atom is -0.458 e. The van der Waals surface area contributed by atoms with E-state index in [1.54, 1.807) is 6.92 Å². The molecule has 0 radical (unpaired) electrons. The number of ether oxygens (including phenoxy) is 1. The van der Waals surface area contributed by atoms with Gasteiger partial charge in [0.05, 0.1) is 5.41 Å². The van der Waals surface area contributed by atoms with E-state index >= 15 is 0 Å². The summed E-state index contributed by atoms with van der Waals surface area (Å²) < 4.78 is 6.15. The van der Waals surface area contributed by atoms with Gasteiger partial charge in [-0.3, -0.25) is 4.79 Å². The van der Waals surface area contributed by atoms with Crippen molar-refractivity contribution in [3.8, 4) is 0 Å². The van der Waals surface area contributed by atoms with Gasteiger partial charge in [0.25, 0.3) is 0 Å². The highest BCUT2D eigenvalue weighted by atomic mass is 16.6. The Balaban J connectivity index is 2.03. The minimum absolute atomic E-state index is 0.0214. The van der Waals surface area contributed by atoms with Crippen LogP contribution in [0.25, 0.3) is 0 Å². The van der Waals surface area contributed by atoms with E-state index < -0.39 is 0 Å². The summed E-state index contributed by atoms with van der Waals surface area (Å²) in [7, 11) is 0. The monoisotopic (exact) mass is 292 g/mol. The van der Waals surface area contributed by atoms with Crippen LogP contribution in [-0.4, -0.2) is 17.4 Å². The quantitative estimate of drug-likeness (QED) is 0.741. The summed E-state index contributed by atoms with van der Waals surface area (Å²) in [6.07, 6.45) is 6.72. The molecule has 2 bridgehead atoms. The minimum atomic E-state index is -0.315. The first-order valence-corrected chi connectivity index (χ1v) is 8.49. The van der Waals surface area contributed by atoms with Crippen molar-refractivity contribution in [2.24, 2.45) is 22.7 Å². The van der Waals surface area contributed by atoms with Crippen LogP contribution in [0.5, 0.6) is 0 Å².